The van der Waals surface area contributed by atoms with E-state index in [4.69, 9.17) is 0 Å². The Morgan fingerprint density at radius 3 is 1.81 bits per heavy atom. The molecule has 0 N–H and O–H groups in total. The van der Waals surface area contributed by atoms with Crippen molar-refractivity contribution in [1.29, 1.82) is 0 Å². The number of allylic oxidation sites excluding steroid dienone is 2. The quantitative estimate of drug-likeness (QED) is 0.151. The van der Waals surface area contributed by atoms with Gasteiger partial charge in [-0.1, -0.05) is 137 Å². The van der Waals surface area contributed by atoms with Crippen LogP contribution in [0.4, 0.5) is 0 Å². The molecule has 7 rings (SSSR count). The second-order valence-corrected chi connectivity index (χ2v) is 19.9. The lowest BCUT2D eigenvalue weighted by Crippen LogP contribution is -2.30. The first-order valence-corrected chi connectivity index (χ1v) is 20.3. The van der Waals surface area contributed by atoms with Gasteiger partial charge < -0.3 is 0 Å². The Morgan fingerprint density at radius 1 is 0.660 bits per heavy atom. The molecule has 47 heavy (non-hydrogen) atoms. The lowest BCUT2D eigenvalue weighted by Gasteiger charge is -2.38. The summed E-state index contributed by atoms with van der Waals surface area (Å²) in [5, 5.41) is 7.61. The molecule has 1 unspecified atom stereocenters. The minimum Gasteiger partial charge on any atom is -0.145 e. The van der Waals surface area contributed by atoms with Crippen LogP contribution >= 0.6 is 27.8 Å². The Kier molecular flexibility index (Phi) is 8.53. The highest BCUT2D eigenvalue weighted by Crippen LogP contribution is 2.76. The fraction of sp³-hybridized carbons (Fsp3) is 0.318. The van der Waals surface area contributed by atoms with E-state index < -0.39 is 7.92 Å². The van der Waals surface area contributed by atoms with E-state index in [2.05, 4.69) is 153 Å². The Hall–Kier alpha value is -2.82. The number of aryl methyl sites for hydroxylation is 6. The first-order valence-electron chi connectivity index (χ1n) is 17.1. The van der Waals surface area contributed by atoms with E-state index >= 15 is 0 Å². The van der Waals surface area contributed by atoms with Gasteiger partial charge in [0.05, 0.1) is 0 Å². The van der Waals surface area contributed by atoms with E-state index in [-0.39, 0.29) is 10.8 Å². The lowest BCUT2D eigenvalue weighted by molar-refractivity contribution is 0.189. The van der Waals surface area contributed by atoms with Crippen LogP contribution in [-0.2, 0) is 0 Å². The van der Waals surface area contributed by atoms with Crippen LogP contribution in [0, 0.1) is 58.3 Å². The summed E-state index contributed by atoms with van der Waals surface area (Å²) in [5.74, 6) is 0.567. The van der Waals surface area contributed by atoms with Gasteiger partial charge in [-0.15, -0.1) is 11.3 Å². The second-order valence-electron chi connectivity index (χ2n) is 14.9. The fourth-order valence-corrected chi connectivity index (χ4v) is 14.9. The summed E-state index contributed by atoms with van der Waals surface area (Å²) in [5.41, 5.74) is 12.0. The van der Waals surface area contributed by atoms with Crippen molar-refractivity contribution in [3.63, 3.8) is 0 Å². The predicted octanol–water partition coefficient (Wildman–Crippen LogP) is 11.2. The topological polar surface area (TPSA) is 0 Å². The zero-order valence-corrected chi connectivity index (χ0v) is 32.2. The van der Waals surface area contributed by atoms with Gasteiger partial charge in [0.1, 0.15) is 0 Å². The van der Waals surface area contributed by atoms with Crippen LogP contribution in [0.15, 0.2) is 96.3 Å². The summed E-state index contributed by atoms with van der Waals surface area (Å²) in [6.45, 7) is 21.7. The van der Waals surface area contributed by atoms with Gasteiger partial charge in [0.15, 0.2) is 0 Å². The van der Waals surface area contributed by atoms with E-state index in [1.165, 1.54) is 77.2 Å². The number of hydrogen-bond acceptors (Lipinski definition) is 1. The van der Waals surface area contributed by atoms with Gasteiger partial charge in [0.25, 0.3) is 0 Å². The molecule has 240 valence electrons. The monoisotopic (exact) mass is 670 g/mol. The largest absolute Gasteiger partial charge is 0.145 e. The van der Waals surface area contributed by atoms with Gasteiger partial charge in [0, 0.05) is 20.9 Å². The Morgan fingerprint density at radius 2 is 1.21 bits per heavy atom. The van der Waals surface area contributed by atoms with E-state index in [0.29, 0.717) is 14.5 Å². The van der Waals surface area contributed by atoms with E-state index in [9.17, 15) is 0 Å². The molecular formula is C44H48P2S. The van der Waals surface area contributed by atoms with Crippen molar-refractivity contribution in [2.24, 2.45) is 16.7 Å². The number of fused-ring (bicyclic) bond motifs is 2. The van der Waals surface area contributed by atoms with Crippen molar-refractivity contribution in [2.75, 3.05) is 0 Å². The van der Waals surface area contributed by atoms with Crippen molar-refractivity contribution in [3.8, 4) is 11.1 Å². The summed E-state index contributed by atoms with van der Waals surface area (Å²) in [6, 6.07) is 34.9. The standard InChI is InChI=1S/C44H48P2S/c1-27-22-28(2)25-33(24-27)45-37-26-29(3)23-30(4)38(37)39-31(5)47-32(6)40(39)41-42(36-20-21-44(41,9)43(36,7)8)46(34-16-12-10-13-17-34)35-18-14-11-15-19-35/h10-19,22-26,36,45H,20-21H2,1-9H3/t36-,44+/m1/s1. The SMILES string of the molecule is Cc1cc(C)cc(Pc2cc(C)cc(C)c2-c2c(C)sc(C)c2C2=C(P(c3ccccc3)c3ccccc3)[C@H]3CC[C@]2(C)C3(C)C)c1. The number of thiophene rings is 1. The van der Waals surface area contributed by atoms with Gasteiger partial charge >= 0.3 is 0 Å². The lowest BCUT2D eigenvalue weighted by atomic mass is 9.65. The molecule has 3 heteroatoms. The molecule has 1 fully saturated rings. The molecule has 0 saturated heterocycles. The predicted molar refractivity (Wildman–Crippen MR) is 213 cm³/mol. The minimum absolute atomic E-state index is 0.110. The number of rotatable bonds is 7. The molecule has 0 aliphatic heterocycles. The first kappa shape index (κ1) is 32.7. The van der Waals surface area contributed by atoms with Crippen LogP contribution in [0.1, 0.15) is 71.2 Å². The molecule has 1 aromatic heterocycles. The molecule has 1 heterocycles. The Labute approximate surface area is 290 Å². The highest BCUT2D eigenvalue weighted by Gasteiger charge is 2.62. The molecule has 0 spiro atoms. The first-order chi connectivity index (χ1) is 22.4. The smallest absolute Gasteiger partial charge is 0.0102 e. The van der Waals surface area contributed by atoms with E-state index in [0.717, 1.165) is 0 Å². The van der Waals surface area contributed by atoms with Gasteiger partial charge in [-0.2, -0.15) is 0 Å². The minimum atomic E-state index is -0.686. The molecule has 2 bridgehead atoms. The van der Waals surface area contributed by atoms with Crippen molar-refractivity contribution in [1.82, 2.24) is 0 Å². The molecule has 4 aromatic carbocycles. The molecule has 2 aliphatic rings. The summed E-state index contributed by atoms with van der Waals surface area (Å²) in [4.78, 5) is 2.93. The average molecular weight is 671 g/mol. The van der Waals surface area contributed by atoms with Crippen molar-refractivity contribution in [2.45, 2.75) is 75.2 Å². The molecule has 0 amide bonds. The van der Waals surface area contributed by atoms with Gasteiger partial charge in [-0.05, 0) is 122 Å². The van der Waals surface area contributed by atoms with Crippen LogP contribution in [0.25, 0.3) is 16.7 Å². The molecule has 3 atom stereocenters. The summed E-state index contributed by atoms with van der Waals surface area (Å²) >= 11 is 2.02. The average Bonchev–Trinajstić information content (AvgIpc) is 3.49. The van der Waals surface area contributed by atoms with Gasteiger partial charge in [0.2, 0.25) is 0 Å². The Balaban J connectivity index is 1.54. The third kappa shape index (κ3) is 5.42. The third-order valence-corrected chi connectivity index (χ3v) is 16.3. The van der Waals surface area contributed by atoms with Crippen LogP contribution in [0.5, 0.6) is 0 Å². The molecule has 0 nitrogen and oxygen atoms in total. The van der Waals surface area contributed by atoms with Crippen molar-refractivity contribution < 1.29 is 0 Å². The number of hydrogen-bond donors (Lipinski definition) is 0. The van der Waals surface area contributed by atoms with Gasteiger partial charge in [-0.3, -0.25) is 0 Å². The maximum absolute atomic E-state index is 2.62. The summed E-state index contributed by atoms with van der Waals surface area (Å²) < 4.78 is 0. The molecule has 2 aliphatic carbocycles. The van der Waals surface area contributed by atoms with Crippen molar-refractivity contribution >= 4 is 54.6 Å². The highest BCUT2D eigenvalue weighted by atomic mass is 32.1. The molecular weight excluding hydrogens is 622 g/mol. The Bertz CT molecular complexity index is 1950. The molecule has 1 saturated carbocycles. The molecule has 0 radical (unpaired) electrons. The van der Waals surface area contributed by atoms with E-state index in [1.807, 2.05) is 11.3 Å². The second kappa shape index (κ2) is 12.3. The van der Waals surface area contributed by atoms with Crippen molar-refractivity contribution in [3.05, 3.63) is 134 Å². The molecule has 5 aromatic rings. The summed E-state index contributed by atoms with van der Waals surface area (Å²) in [7, 11) is -0.0660. The van der Waals surface area contributed by atoms with Crippen LogP contribution in [0.2, 0.25) is 0 Å². The maximum Gasteiger partial charge on any atom is 0.0102 e. The van der Waals surface area contributed by atoms with Crippen LogP contribution in [0.3, 0.4) is 0 Å². The third-order valence-electron chi connectivity index (χ3n) is 11.4. The van der Waals surface area contributed by atoms with Crippen LogP contribution in [-0.4, -0.2) is 0 Å². The zero-order chi connectivity index (χ0) is 33.2. The van der Waals surface area contributed by atoms with Gasteiger partial charge in [-0.25, -0.2) is 0 Å². The fourth-order valence-electron chi connectivity index (χ4n) is 9.02. The maximum atomic E-state index is 2.62. The normalized spacial score (nSPS) is 20.3. The summed E-state index contributed by atoms with van der Waals surface area (Å²) in [6.07, 6.45) is 2.54. The number of benzene rings is 4. The van der Waals surface area contributed by atoms with Crippen LogP contribution < -0.4 is 21.2 Å². The zero-order valence-electron chi connectivity index (χ0n) is 29.5. The van der Waals surface area contributed by atoms with E-state index in [1.54, 1.807) is 16.5 Å². The highest BCUT2D eigenvalue weighted by molar-refractivity contribution is 7.77.